The number of aromatic nitrogens is 2. The molecule has 0 saturated carbocycles. The van der Waals surface area contributed by atoms with Crippen LogP contribution in [0.4, 0.5) is 0 Å². The van der Waals surface area contributed by atoms with E-state index in [1.54, 1.807) is 0 Å². The van der Waals surface area contributed by atoms with Crippen LogP contribution in [-0.2, 0) is 0 Å². The van der Waals surface area contributed by atoms with E-state index in [1.165, 1.54) is 5.56 Å². The van der Waals surface area contributed by atoms with Gasteiger partial charge in [0.2, 0.25) is 0 Å². The molecular formula is C15H30N4. The summed E-state index contributed by atoms with van der Waals surface area (Å²) in [5, 5.41) is 4.44. The Balaban J connectivity index is 2.94. The molecule has 2 N–H and O–H groups in total. The van der Waals surface area contributed by atoms with Crippen molar-refractivity contribution in [3.05, 3.63) is 18.0 Å². The Bertz CT molecular complexity index is 368. The lowest BCUT2D eigenvalue weighted by molar-refractivity contribution is 0.138. The number of nitrogens with two attached hydrogens (primary N) is 1. The molecule has 0 aliphatic carbocycles. The molecule has 0 spiro atoms. The monoisotopic (exact) mass is 266 g/mol. The van der Waals surface area contributed by atoms with E-state index >= 15 is 0 Å². The van der Waals surface area contributed by atoms with Crippen LogP contribution in [0, 0.1) is 5.92 Å². The molecule has 4 heteroatoms. The molecule has 1 heterocycles. The van der Waals surface area contributed by atoms with Gasteiger partial charge in [0.15, 0.2) is 0 Å². The minimum Gasteiger partial charge on any atom is -0.329 e. The summed E-state index contributed by atoms with van der Waals surface area (Å²) in [7, 11) is 0. The Morgan fingerprint density at radius 3 is 2.21 bits per heavy atom. The second-order valence-corrected chi connectivity index (χ2v) is 6.28. The van der Waals surface area contributed by atoms with E-state index in [9.17, 15) is 0 Å². The quantitative estimate of drug-likeness (QED) is 0.825. The van der Waals surface area contributed by atoms with Gasteiger partial charge in [-0.2, -0.15) is 5.10 Å². The predicted octanol–water partition coefficient (Wildman–Crippen LogP) is 2.83. The van der Waals surface area contributed by atoms with Crippen molar-refractivity contribution in [1.29, 1.82) is 0 Å². The van der Waals surface area contributed by atoms with Crippen LogP contribution < -0.4 is 5.73 Å². The van der Waals surface area contributed by atoms with Crippen molar-refractivity contribution in [2.75, 3.05) is 13.1 Å². The lowest BCUT2D eigenvalue weighted by atomic mass is 10.0. The molecular weight excluding hydrogens is 236 g/mol. The second-order valence-electron chi connectivity index (χ2n) is 6.28. The first kappa shape index (κ1) is 16.2. The maximum Gasteiger partial charge on any atom is 0.0538 e. The van der Waals surface area contributed by atoms with Crippen LogP contribution in [-0.4, -0.2) is 33.8 Å². The topological polar surface area (TPSA) is 47.1 Å². The molecule has 0 aromatic carbocycles. The Hall–Kier alpha value is -0.870. The Morgan fingerprint density at radius 2 is 1.84 bits per heavy atom. The molecule has 0 bridgehead atoms. The SMILES string of the molecule is CC(C)CN(C(C)C)C(CN)c1cnn(C(C)C)c1. The van der Waals surface area contributed by atoms with Crippen LogP contribution in [0.15, 0.2) is 12.4 Å². The lowest BCUT2D eigenvalue weighted by Gasteiger charge is -2.35. The summed E-state index contributed by atoms with van der Waals surface area (Å²) in [6.45, 7) is 14.9. The molecule has 0 aliphatic heterocycles. The maximum absolute atomic E-state index is 6.03. The second kappa shape index (κ2) is 7.06. The van der Waals surface area contributed by atoms with E-state index in [4.69, 9.17) is 5.73 Å². The van der Waals surface area contributed by atoms with Crippen molar-refractivity contribution < 1.29 is 0 Å². The largest absolute Gasteiger partial charge is 0.329 e. The number of hydrogen-bond acceptors (Lipinski definition) is 3. The van der Waals surface area contributed by atoms with Crippen molar-refractivity contribution >= 4 is 0 Å². The predicted molar refractivity (Wildman–Crippen MR) is 81.1 cm³/mol. The molecule has 110 valence electrons. The third-order valence-electron chi connectivity index (χ3n) is 3.40. The third kappa shape index (κ3) is 4.32. The van der Waals surface area contributed by atoms with Gasteiger partial charge in [-0.05, 0) is 33.6 Å². The first-order valence-electron chi connectivity index (χ1n) is 7.36. The van der Waals surface area contributed by atoms with E-state index in [2.05, 4.69) is 57.7 Å². The highest BCUT2D eigenvalue weighted by molar-refractivity contribution is 5.12. The molecule has 4 nitrogen and oxygen atoms in total. The van der Waals surface area contributed by atoms with Gasteiger partial charge in [0, 0.05) is 36.9 Å². The van der Waals surface area contributed by atoms with E-state index in [0.29, 0.717) is 24.5 Å². The van der Waals surface area contributed by atoms with Gasteiger partial charge in [0.05, 0.1) is 12.2 Å². The fourth-order valence-corrected chi connectivity index (χ4v) is 2.39. The van der Waals surface area contributed by atoms with Crippen LogP contribution in [0.1, 0.15) is 59.2 Å². The molecule has 0 saturated heterocycles. The average molecular weight is 266 g/mol. The van der Waals surface area contributed by atoms with Gasteiger partial charge in [-0.25, -0.2) is 0 Å². The van der Waals surface area contributed by atoms with E-state index in [0.717, 1.165) is 6.54 Å². The fraction of sp³-hybridized carbons (Fsp3) is 0.800. The lowest BCUT2D eigenvalue weighted by Crippen LogP contribution is -2.40. The highest BCUT2D eigenvalue weighted by atomic mass is 15.3. The zero-order chi connectivity index (χ0) is 14.6. The summed E-state index contributed by atoms with van der Waals surface area (Å²) in [6.07, 6.45) is 4.10. The molecule has 0 amide bonds. The smallest absolute Gasteiger partial charge is 0.0538 e. The summed E-state index contributed by atoms with van der Waals surface area (Å²) >= 11 is 0. The van der Waals surface area contributed by atoms with Crippen molar-refractivity contribution in [2.24, 2.45) is 11.7 Å². The van der Waals surface area contributed by atoms with Crippen LogP contribution in [0.3, 0.4) is 0 Å². The van der Waals surface area contributed by atoms with Gasteiger partial charge in [-0.3, -0.25) is 9.58 Å². The number of rotatable bonds is 7. The van der Waals surface area contributed by atoms with Crippen LogP contribution in [0.5, 0.6) is 0 Å². The van der Waals surface area contributed by atoms with Crippen molar-refractivity contribution in [3.63, 3.8) is 0 Å². The summed E-state index contributed by atoms with van der Waals surface area (Å²) in [5.41, 5.74) is 7.25. The molecule has 0 aliphatic rings. The van der Waals surface area contributed by atoms with Crippen molar-refractivity contribution in [2.45, 2.75) is 59.7 Å². The molecule has 1 rings (SSSR count). The minimum atomic E-state index is 0.259. The van der Waals surface area contributed by atoms with E-state index in [1.807, 2.05) is 10.9 Å². The van der Waals surface area contributed by atoms with Gasteiger partial charge in [0.1, 0.15) is 0 Å². The van der Waals surface area contributed by atoms with Gasteiger partial charge in [-0.1, -0.05) is 13.8 Å². The van der Waals surface area contributed by atoms with Gasteiger partial charge < -0.3 is 5.73 Å². The van der Waals surface area contributed by atoms with Crippen LogP contribution in [0.25, 0.3) is 0 Å². The molecule has 1 aromatic heterocycles. The first-order chi connectivity index (χ1) is 8.86. The van der Waals surface area contributed by atoms with Gasteiger partial charge in [0.25, 0.3) is 0 Å². The number of hydrogen-bond donors (Lipinski definition) is 1. The molecule has 1 unspecified atom stereocenters. The van der Waals surface area contributed by atoms with Gasteiger partial charge in [-0.15, -0.1) is 0 Å². The third-order valence-corrected chi connectivity index (χ3v) is 3.40. The number of nitrogens with zero attached hydrogens (tertiary/aromatic N) is 3. The Morgan fingerprint density at radius 1 is 1.21 bits per heavy atom. The summed E-state index contributed by atoms with van der Waals surface area (Å²) < 4.78 is 2.01. The summed E-state index contributed by atoms with van der Waals surface area (Å²) in [4.78, 5) is 2.48. The average Bonchev–Trinajstić information content (AvgIpc) is 2.77. The Kier molecular flexibility index (Phi) is 6.01. The van der Waals surface area contributed by atoms with Crippen molar-refractivity contribution in [3.8, 4) is 0 Å². The zero-order valence-corrected chi connectivity index (χ0v) is 13.3. The van der Waals surface area contributed by atoms with E-state index in [-0.39, 0.29) is 6.04 Å². The zero-order valence-electron chi connectivity index (χ0n) is 13.3. The molecule has 1 atom stereocenters. The van der Waals surface area contributed by atoms with Crippen LogP contribution >= 0.6 is 0 Å². The summed E-state index contributed by atoms with van der Waals surface area (Å²) in [6, 6.07) is 1.14. The highest BCUT2D eigenvalue weighted by Crippen LogP contribution is 2.23. The highest BCUT2D eigenvalue weighted by Gasteiger charge is 2.23. The Labute approximate surface area is 118 Å². The normalized spacial score (nSPS) is 14.1. The molecule has 0 fully saturated rings. The standard InChI is InChI=1S/C15H30N4/c1-11(2)9-18(12(3)4)15(7-16)14-8-17-19(10-14)13(5)6/h8,10-13,15H,7,9,16H2,1-6H3. The molecule has 0 radical (unpaired) electrons. The molecule has 19 heavy (non-hydrogen) atoms. The minimum absolute atomic E-state index is 0.259. The van der Waals surface area contributed by atoms with Gasteiger partial charge >= 0.3 is 0 Å². The fourth-order valence-electron chi connectivity index (χ4n) is 2.39. The van der Waals surface area contributed by atoms with Crippen molar-refractivity contribution in [1.82, 2.24) is 14.7 Å². The van der Waals surface area contributed by atoms with Crippen LogP contribution in [0.2, 0.25) is 0 Å². The first-order valence-corrected chi connectivity index (χ1v) is 7.36. The summed E-state index contributed by atoms with van der Waals surface area (Å²) in [5.74, 6) is 0.636. The maximum atomic E-state index is 6.03. The molecule has 1 aromatic rings. The van der Waals surface area contributed by atoms with E-state index < -0.39 is 0 Å².